The van der Waals surface area contributed by atoms with Crippen LogP contribution < -0.4 is 10.6 Å². The smallest absolute Gasteiger partial charge is 0.226 e. The molecule has 0 radical (unpaired) electrons. The molecular weight excluding hydrogens is 394 g/mol. The van der Waals surface area contributed by atoms with E-state index in [9.17, 15) is 4.79 Å². The van der Waals surface area contributed by atoms with Crippen LogP contribution in [0.4, 0.5) is 5.69 Å². The first-order valence-corrected chi connectivity index (χ1v) is 10.4. The number of aryl methyl sites for hydroxylation is 2. The molecule has 6 nitrogen and oxygen atoms in total. The van der Waals surface area contributed by atoms with Gasteiger partial charge in [0, 0.05) is 43.8 Å². The first kappa shape index (κ1) is 20.1. The molecule has 1 amide bonds. The molecule has 4 rings (SSSR count). The maximum Gasteiger partial charge on any atom is 0.226 e. The van der Waals surface area contributed by atoms with Gasteiger partial charge in [0.2, 0.25) is 5.91 Å². The molecule has 3 aromatic rings. The van der Waals surface area contributed by atoms with Gasteiger partial charge in [-0.1, -0.05) is 23.8 Å². The molecule has 2 unspecified atom stereocenters. The van der Waals surface area contributed by atoms with Gasteiger partial charge in [0.05, 0.1) is 17.8 Å². The molecule has 1 aromatic carbocycles. The fourth-order valence-corrected chi connectivity index (χ4v) is 4.16. The Balaban J connectivity index is 1.52. The summed E-state index contributed by atoms with van der Waals surface area (Å²) in [6.07, 6.45) is 4.15. The van der Waals surface area contributed by atoms with Crippen molar-refractivity contribution in [2.24, 2.45) is 7.05 Å². The molecule has 2 atom stereocenters. The number of hydrogen-bond donors (Lipinski definition) is 2. The van der Waals surface area contributed by atoms with Gasteiger partial charge in [-0.05, 0) is 55.5 Å². The second kappa shape index (κ2) is 8.67. The Morgan fingerprint density at radius 2 is 1.97 bits per heavy atom. The fourth-order valence-electron chi connectivity index (χ4n) is 3.83. The molecule has 2 aromatic heterocycles. The van der Waals surface area contributed by atoms with Crippen LogP contribution in [-0.4, -0.2) is 32.0 Å². The van der Waals surface area contributed by atoms with E-state index >= 15 is 0 Å². The van der Waals surface area contributed by atoms with E-state index < -0.39 is 0 Å². The van der Waals surface area contributed by atoms with Crippen molar-refractivity contribution in [1.82, 2.24) is 19.8 Å². The summed E-state index contributed by atoms with van der Waals surface area (Å²) in [6, 6.07) is 17.7. The van der Waals surface area contributed by atoms with Gasteiger partial charge in [0.1, 0.15) is 0 Å². The lowest BCUT2D eigenvalue weighted by atomic mass is 10.0. The fraction of sp³-hybridized carbons (Fsp3) is 0.261. The van der Waals surface area contributed by atoms with Gasteiger partial charge in [0.25, 0.3) is 0 Å². The number of nitrogens with one attached hydrogen (secondary N) is 2. The molecule has 0 saturated carbocycles. The quantitative estimate of drug-likeness (QED) is 0.596. The second-order valence-corrected chi connectivity index (χ2v) is 7.91. The number of benzene rings is 1. The van der Waals surface area contributed by atoms with Gasteiger partial charge in [-0.25, -0.2) is 0 Å². The van der Waals surface area contributed by atoms with Gasteiger partial charge in [0.15, 0.2) is 5.11 Å². The zero-order chi connectivity index (χ0) is 21.1. The average Bonchev–Trinajstić information content (AvgIpc) is 3.31. The van der Waals surface area contributed by atoms with Crippen LogP contribution in [0.15, 0.2) is 67.0 Å². The number of nitrogens with zero attached hydrogens (tertiary/aromatic N) is 3. The van der Waals surface area contributed by atoms with Crippen molar-refractivity contribution in [3.8, 4) is 0 Å². The van der Waals surface area contributed by atoms with Crippen LogP contribution in [0.3, 0.4) is 0 Å². The minimum Gasteiger partial charge on any atom is -0.353 e. The number of carbonyl (C=O) groups excluding carboxylic acids is 1. The van der Waals surface area contributed by atoms with Gasteiger partial charge < -0.3 is 20.1 Å². The topological polar surface area (TPSA) is 62.2 Å². The number of pyridine rings is 1. The molecule has 0 aliphatic carbocycles. The Morgan fingerprint density at radius 3 is 2.63 bits per heavy atom. The van der Waals surface area contributed by atoms with Gasteiger partial charge in [-0.3, -0.25) is 9.78 Å². The molecule has 1 aliphatic rings. The number of hydrogen-bond acceptors (Lipinski definition) is 3. The summed E-state index contributed by atoms with van der Waals surface area (Å²) >= 11 is 5.65. The van der Waals surface area contributed by atoms with Crippen LogP contribution in [0.25, 0.3) is 0 Å². The van der Waals surface area contributed by atoms with E-state index in [1.165, 1.54) is 0 Å². The SMILES string of the molecule is Cc1ccc(NC(=O)CCN2C(=S)NC(c3ccccn3)C2c2cccn2C)cc1. The third kappa shape index (κ3) is 4.21. The summed E-state index contributed by atoms with van der Waals surface area (Å²) in [5.74, 6) is -0.0337. The van der Waals surface area contributed by atoms with Crippen LogP contribution >= 0.6 is 12.2 Å². The van der Waals surface area contributed by atoms with E-state index in [0.717, 1.165) is 22.6 Å². The van der Waals surface area contributed by atoms with E-state index in [2.05, 4.69) is 31.2 Å². The second-order valence-electron chi connectivity index (χ2n) is 7.53. The summed E-state index contributed by atoms with van der Waals surface area (Å²) in [7, 11) is 2.02. The summed E-state index contributed by atoms with van der Waals surface area (Å²) in [4.78, 5) is 19.2. The zero-order valence-corrected chi connectivity index (χ0v) is 17.9. The molecule has 7 heteroatoms. The number of rotatable bonds is 6. The highest BCUT2D eigenvalue weighted by atomic mass is 32.1. The van der Waals surface area contributed by atoms with Gasteiger partial charge >= 0.3 is 0 Å². The van der Waals surface area contributed by atoms with Crippen molar-refractivity contribution in [1.29, 1.82) is 0 Å². The zero-order valence-electron chi connectivity index (χ0n) is 17.1. The number of amides is 1. The molecule has 2 N–H and O–H groups in total. The first-order chi connectivity index (χ1) is 14.5. The average molecular weight is 420 g/mol. The number of carbonyl (C=O) groups is 1. The minimum absolute atomic E-state index is 0.0337. The lowest BCUT2D eigenvalue weighted by molar-refractivity contribution is -0.116. The predicted octanol–water partition coefficient (Wildman–Crippen LogP) is 3.73. The van der Waals surface area contributed by atoms with Crippen molar-refractivity contribution >= 4 is 28.9 Å². The maximum atomic E-state index is 12.6. The van der Waals surface area contributed by atoms with Crippen LogP contribution in [-0.2, 0) is 11.8 Å². The highest BCUT2D eigenvalue weighted by Gasteiger charge is 2.40. The number of thiocarbonyl (C=S) groups is 1. The van der Waals surface area contributed by atoms with E-state index in [-0.39, 0.29) is 18.0 Å². The molecule has 154 valence electrons. The molecule has 3 heterocycles. The summed E-state index contributed by atoms with van der Waals surface area (Å²) in [5.41, 5.74) is 4.01. The van der Waals surface area contributed by atoms with Crippen molar-refractivity contribution in [2.45, 2.75) is 25.4 Å². The predicted molar refractivity (Wildman–Crippen MR) is 122 cm³/mol. The number of aromatic nitrogens is 2. The highest BCUT2D eigenvalue weighted by Crippen LogP contribution is 2.38. The van der Waals surface area contributed by atoms with Crippen LogP contribution in [0.2, 0.25) is 0 Å². The Kier molecular flexibility index (Phi) is 5.81. The van der Waals surface area contributed by atoms with E-state index in [0.29, 0.717) is 18.1 Å². The first-order valence-electron chi connectivity index (χ1n) is 9.99. The van der Waals surface area contributed by atoms with Crippen LogP contribution in [0, 0.1) is 6.92 Å². The van der Waals surface area contributed by atoms with Gasteiger partial charge in [-0.2, -0.15) is 0 Å². The minimum atomic E-state index is -0.0764. The third-order valence-corrected chi connectivity index (χ3v) is 5.75. The Hall–Kier alpha value is -3.19. The van der Waals surface area contributed by atoms with Crippen LogP contribution in [0.1, 0.15) is 35.5 Å². The molecule has 30 heavy (non-hydrogen) atoms. The summed E-state index contributed by atoms with van der Waals surface area (Å²) in [6.45, 7) is 2.54. The summed E-state index contributed by atoms with van der Waals surface area (Å²) < 4.78 is 2.09. The standard InChI is InChI=1S/C23H25N5OS/c1-16-8-10-17(11-9-16)25-20(29)12-15-28-22(19-7-5-14-27(19)2)21(26-23(28)30)18-6-3-4-13-24-18/h3-11,13-14,21-22H,12,15H2,1-2H3,(H,25,29)(H,26,30). The molecule has 1 saturated heterocycles. The lowest BCUT2D eigenvalue weighted by Gasteiger charge is -2.28. The maximum absolute atomic E-state index is 12.6. The monoisotopic (exact) mass is 419 g/mol. The summed E-state index contributed by atoms with van der Waals surface area (Å²) in [5, 5.41) is 7.02. The molecule has 0 spiro atoms. The van der Waals surface area contributed by atoms with E-state index in [1.54, 1.807) is 6.20 Å². The normalized spacial score (nSPS) is 18.3. The number of anilines is 1. The highest BCUT2D eigenvalue weighted by molar-refractivity contribution is 7.80. The molecular formula is C23H25N5OS. The molecule has 1 aliphatic heterocycles. The van der Waals surface area contributed by atoms with Crippen molar-refractivity contribution in [3.63, 3.8) is 0 Å². The van der Waals surface area contributed by atoms with Crippen molar-refractivity contribution in [3.05, 3.63) is 83.9 Å². The third-order valence-electron chi connectivity index (χ3n) is 5.40. The Morgan fingerprint density at radius 1 is 1.17 bits per heavy atom. The Labute approximate surface area is 181 Å². The van der Waals surface area contributed by atoms with Crippen molar-refractivity contribution in [2.75, 3.05) is 11.9 Å². The van der Waals surface area contributed by atoms with E-state index in [4.69, 9.17) is 12.2 Å². The van der Waals surface area contributed by atoms with Gasteiger partial charge in [-0.15, -0.1) is 0 Å². The Bertz CT molecular complexity index is 1030. The van der Waals surface area contributed by atoms with E-state index in [1.807, 2.05) is 68.7 Å². The largest absolute Gasteiger partial charge is 0.353 e. The lowest BCUT2D eigenvalue weighted by Crippen LogP contribution is -2.33. The van der Waals surface area contributed by atoms with Crippen molar-refractivity contribution < 1.29 is 4.79 Å². The van der Waals surface area contributed by atoms with Crippen LogP contribution in [0.5, 0.6) is 0 Å². The molecule has 0 bridgehead atoms. The molecule has 1 fully saturated rings.